The Morgan fingerprint density at radius 2 is 0.736 bits per heavy atom. The van der Waals surface area contributed by atoms with Gasteiger partial charge in [-0.3, -0.25) is 36.7 Å². The zero-order valence-electron chi connectivity index (χ0n) is 37.1. The summed E-state index contributed by atoms with van der Waals surface area (Å²) in [4.78, 5) is 78.2. The highest BCUT2D eigenvalue weighted by atomic mass is 33.1. The van der Waals surface area contributed by atoms with Crippen LogP contribution in [0.2, 0.25) is 0 Å². The summed E-state index contributed by atoms with van der Waals surface area (Å²) in [5.41, 5.74) is 13.6. The maximum Gasteiger partial charge on any atom is 0.326 e. The maximum atomic E-state index is 13.8. The third-order valence-electron chi connectivity index (χ3n) is 10.2. The number of hydrogen-bond donors (Lipinski definition) is 10. The Balaban J connectivity index is 1.56. The minimum Gasteiger partial charge on any atom is -0.768 e. The second-order valence-electron chi connectivity index (χ2n) is 15.5. The Bertz CT molecular complexity index is 2860. The Morgan fingerprint density at radius 3 is 1.00 bits per heavy atom. The summed E-state index contributed by atoms with van der Waals surface area (Å²) in [6, 6.07) is 10.4. The number of carboxylic acid groups (broad SMARTS) is 2. The fourth-order valence-electron chi connectivity index (χ4n) is 6.33. The van der Waals surface area contributed by atoms with Crippen LogP contribution >= 0.6 is 21.6 Å². The molecule has 390 valence electrons. The van der Waals surface area contributed by atoms with E-state index >= 15 is 0 Å². The van der Waals surface area contributed by atoms with E-state index in [-0.39, 0.29) is 46.1 Å². The van der Waals surface area contributed by atoms with Crippen molar-refractivity contribution in [1.82, 2.24) is 21.3 Å². The van der Waals surface area contributed by atoms with Gasteiger partial charge in [0.1, 0.15) is 24.2 Å². The number of nitrogens with one attached hydrogen (secondary N) is 4. The number of carbonyl (C=O) groups is 6. The van der Waals surface area contributed by atoms with Crippen molar-refractivity contribution in [2.45, 2.75) is 81.5 Å². The molecule has 0 aromatic heterocycles. The number of amides is 4. The van der Waals surface area contributed by atoms with Crippen LogP contribution < -0.4 is 32.7 Å². The van der Waals surface area contributed by atoms with Crippen LogP contribution in [-0.4, -0.2) is 137 Å². The molecule has 4 aromatic carbocycles. The zero-order chi connectivity index (χ0) is 53.5. The van der Waals surface area contributed by atoms with Crippen LogP contribution in [0.1, 0.15) is 22.3 Å². The largest absolute Gasteiger partial charge is 0.768 e. The molecule has 72 heavy (non-hydrogen) atoms. The van der Waals surface area contributed by atoms with Crippen molar-refractivity contribution in [3.8, 4) is 0 Å². The van der Waals surface area contributed by atoms with Crippen LogP contribution in [0.4, 0.5) is 0 Å². The molecule has 0 saturated heterocycles. The van der Waals surface area contributed by atoms with E-state index in [0.29, 0.717) is 16.7 Å². The molecule has 30 heteroatoms. The van der Waals surface area contributed by atoms with E-state index in [2.05, 4.69) is 21.3 Å². The smallest absolute Gasteiger partial charge is 0.326 e. The number of aliphatic carboxylic acids is 2. The van der Waals surface area contributed by atoms with E-state index < -0.39 is 130 Å². The lowest BCUT2D eigenvalue weighted by molar-refractivity contribution is -0.142. The minimum absolute atomic E-state index is 0.0335. The van der Waals surface area contributed by atoms with Crippen LogP contribution in [0.25, 0.3) is 0 Å². The molecule has 0 spiro atoms. The van der Waals surface area contributed by atoms with Crippen LogP contribution in [-0.2, 0) is 96.8 Å². The second-order valence-corrected chi connectivity index (χ2v) is 22.8. The SMILES string of the molecule is NC(Cc1ccc(S(=O)[O-])cc1)C(=O)NC(CSSCC(NC(=O)C(N)Cc1ccc(S(=O)(=O)O)cc1)C(=O)NC(Cc1ccc(S(=O)(=O)O)cc1)C(=O)O)C(=O)NC(Cc1ccc(S(=O)[O-])cc1)C(=O)O. The molecule has 4 aromatic rings. The lowest BCUT2D eigenvalue weighted by Gasteiger charge is -2.24. The van der Waals surface area contributed by atoms with Crippen molar-refractivity contribution in [3.63, 3.8) is 0 Å². The molecule has 0 fully saturated rings. The summed E-state index contributed by atoms with van der Waals surface area (Å²) in [6.07, 6.45) is -1.11. The number of hydrogen-bond acceptors (Lipinski definition) is 18. The predicted molar refractivity (Wildman–Crippen MR) is 258 cm³/mol. The van der Waals surface area contributed by atoms with Gasteiger partial charge in [-0.2, -0.15) is 16.8 Å². The molecule has 8 atom stereocenters. The van der Waals surface area contributed by atoms with Gasteiger partial charge in [0.15, 0.2) is 0 Å². The van der Waals surface area contributed by atoms with Gasteiger partial charge in [-0.25, -0.2) is 9.59 Å². The average molecular weight is 1120 g/mol. The van der Waals surface area contributed by atoms with E-state index in [0.717, 1.165) is 45.9 Å². The van der Waals surface area contributed by atoms with Gasteiger partial charge in [-0.05, 0) is 106 Å². The Morgan fingerprint density at radius 1 is 0.472 bits per heavy atom. The summed E-state index contributed by atoms with van der Waals surface area (Å²) in [6.45, 7) is 0. The molecule has 4 rings (SSSR count). The second kappa shape index (κ2) is 26.9. The highest BCUT2D eigenvalue weighted by Crippen LogP contribution is 2.24. The first-order chi connectivity index (χ1) is 33.7. The van der Waals surface area contributed by atoms with E-state index in [1.165, 1.54) is 72.8 Å². The van der Waals surface area contributed by atoms with Gasteiger partial charge in [0.25, 0.3) is 20.2 Å². The summed E-state index contributed by atoms with van der Waals surface area (Å²) in [7, 11) is -7.48. The first kappa shape index (κ1) is 58.9. The van der Waals surface area contributed by atoms with Gasteiger partial charge in [-0.15, -0.1) is 0 Å². The fourth-order valence-corrected chi connectivity index (χ4v) is 10.3. The number of benzene rings is 4. The van der Waals surface area contributed by atoms with E-state index in [1.807, 2.05) is 0 Å². The van der Waals surface area contributed by atoms with Crippen LogP contribution in [0.5, 0.6) is 0 Å². The summed E-state index contributed by atoms with van der Waals surface area (Å²) in [5, 5.41) is 29.6. The van der Waals surface area contributed by atoms with Crippen molar-refractivity contribution in [3.05, 3.63) is 119 Å². The average Bonchev–Trinajstić information content (AvgIpc) is 3.31. The first-order valence-electron chi connectivity index (χ1n) is 20.6. The Labute approximate surface area is 424 Å². The standard InChI is InChI=1S/C42H48N6O18S6/c43-31(17-23-1-9-27(10-2-23)69(57)58)37(49)47-35(39(51)45-33(41(53)54)19-25-3-11-28(12-4-25)70(59)60)21-67-68-22-36(48-38(50)32(44)18-24-5-13-29(14-6-24)71(61,62)63)40(52)46-34(42(55)56)20-26-7-15-30(16-8-26)72(64,65)66/h1-16,31-36H,17-22,43-44H2,(H,45,51)(H,46,52)(H,47,49)(H,48,50)(H,53,54)(H,55,56)(H,57,58)(H,59,60)(H,61,62,63)(H,64,65,66)/p-2. The lowest BCUT2D eigenvalue weighted by atomic mass is 10.0. The van der Waals surface area contributed by atoms with E-state index in [1.54, 1.807) is 0 Å². The van der Waals surface area contributed by atoms with Gasteiger partial charge in [0, 0.05) is 34.1 Å². The zero-order valence-corrected chi connectivity index (χ0v) is 42.0. The molecule has 0 aliphatic heterocycles. The lowest BCUT2D eigenvalue weighted by Crippen LogP contribution is -2.56. The Kier molecular flexibility index (Phi) is 22.0. The number of rotatable bonds is 27. The molecule has 0 aliphatic carbocycles. The van der Waals surface area contributed by atoms with Crippen LogP contribution in [0, 0.1) is 0 Å². The van der Waals surface area contributed by atoms with E-state index in [9.17, 15) is 82.4 Å². The number of carboxylic acids is 2. The van der Waals surface area contributed by atoms with Crippen molar-refractivity contribution in [2.75, 3.05) is 11.5 Å². The third-order valence-corrected chi connectivity index (χ3v) is 15.7. The molecule has 12 N–H and O–H groups in total. The maximum absolute atomic E-state index is 13.8. The third kappa shape index (κ3) is 18.8. The normalized spacial score (nSPS) is 15.0. The molecular formula is C42H46N6O18S6-2. The summed E-state index contributed by atoms with van der Waals surface area (Å²) < 4.78 is 110. The highest BCUT2D eigenvalue weighted by molar-refractivity contribution is 8.76. The molecule has 4 amide bonds. The molecule has 0 heterocycles. The highest BCUT2D eigenvalue weighted by Gasteiger charge is 2.31. The fraction of sp³-hybridized carbons (Fsp3) is 0.286. The Hall–Kier alpha value is -5.64. The molecule has 0 saturated carbocycles. The van der Waals surface area contributed by atoms with Crippen molar-refractivity contribution in [2.24, 2.45) is 11.5 Å². The van der Waals surface area contributed by atoms with Gasteiger partial charge in [-0.1, -0.05) is 70.1 Å². The molecular weight excluding hydrogens is 1070 g/mol. The van der Waals surface area contributed by atoms with Crippen LogP contribution in [0.3, 0.4) is 0 Å². The quantitative estimate of drug-likeness (QED) is 0.0149. The van der Waals surface area contributed by atoms with E-state index in [4.69, 9.17) is 11.5 Å². The van der Waals surface area contributed by atoms with Gasteiger partial charge >= 0.3 is 11.9 Å². The van der Waals surface area contributed by atoms with Gasteiger partial charge < -0.3 is 52.1 Å². The molecule has 0 radical (unpaired) electrons. The van der Waals surface area contributed by atoms with Crippen molar-refractivity contribution < 1.29 is 82.4 Å². The molecule has 0 bridgehead atoms. The summed E-state index contributed by atoms with van der Waals surface area (Å²) >= 11 is -5.10. The van der Waals surface area contributed by atoms with Crippen LogP contribution in [0.15, 0.2) is 117 Å². The van der Waals surface area contributed by atoms with Crippen molar-refractivity contribution >= 4 is 99.6 Å². The topological polar surface area (TPSA) is 432 Å². The summed E-state index contributed by atoms with van der Waals surface area (Å²) in [5.74, 6) is -7.74. The number of carbonyl (C=O) groups excluding carboxylic acids is 4. The molecule has 8 unspecified atom stereocenters. The number of nitrogens with two attached hydrogens (primary N) is 2. The van der Waals surface area contributed by atoms with Gasteiger partial charge in [0.2, 0.25) is 23.6 Å². The molecule has 24 nitrogen and oxygen atoms in total. The minimum atomic E-state index is -4.59. The van der Waals surface area contributed by atoms with Gasteiger partial charge in [0.05, 0.1) is 21.9 Å². The van der Waals surface area contributed by atoms with Crippen molar-refractivity contribution in [1.29, 1.82) is 0 Å². The molecule has 0 aliphatic rings. The predicted octanol–water partition coefficient (Wildman–Crippen LogP) is -0.929. The first-order valence-corrected chi connectivity index (χ1v) is 28.2. The monoisotopic (exact) mass is 1110 g/mol.